The normalized spacial score (nSPS) is 39.6. The molecular formula is C47H77N3O7. The average Bonchev–Trinajstić information content (AvgIpc) is 3.46. The number of carboxylic acids is 1. The maximum absolute atomic E-state index is 14.2. The Kier molecular flexibility index (Phi) is 11.8. The standard InChI is InChI=1S/C47H77N3O7/c1-31(2)39-33(51)28-47(36(52)30-50-22-20-48(21-23-50)18-19-49-24-26-56-27-25-49)17-16-45(8)32(40(39)47)10-11-35-44(7)14-13-37(57-38(53)29-42(3,4)41(54)55)43(5,6)34(44)12-15-46(35,45)9/h31-32,34-37,52H,10-30H2,1-9H3,(H,54,55)/t32-,34+,35-,36-,37+,44+,45-,46-,47+/m1/s1. The van der Waals surface area contributed by atoms with E-state index in [9.17, 15) is 24.6 Å². The van der Waals surface area contributed by atoms with Gasteiger partial charge in [-0.25, -0.2) is 0 Å². The molecule has 7 aliphatic rings. The average molecular weight is 796 g/mol. The monoisotopic (exact) mass is 796 g/mol. The minimum absolute atomic E-state index is 0.00912. The number of Topliss-reactive ketones (excluding diaryl/α,β-unsaturated/α-hetero) is 1. The molecule has 0 unspecified atom stereocenters. The van der Waals surface area contributed by atoms with Gasteiger partial charge in [0.2, 0.25) is 0 Å². The highest BCUT2D eigenvalue weighted by Gasteiger charge is 2.71. The summed E-state index contributed by atoms with van der Waals surface area (Å²) in [6.45, 7) is 30.3. The van der Waals surface area contributed by atoms with Gasteiger partial charge in [-0.05, 0) is 111 Å². The molecule has 4 saturated carbocycles. The number of aliphatic carboxylic acids is 1. The van der Waals surface area contributed by atoms with Crippen molar-refractivity contribution in [2.75, 3.05) is 72.1 Å². The van der Waals surface area contributed by atoms with Crippen LogP contribution in [-0.2, 0) is 23.9 Å². The van der Waals surface area contributed by atoms with Gasteiger partial charge < -0.3 is 19.7 Å². The van der Waals surface area contributed by atoms with Crippen molar-refractivity contribution >= 4 is 17.7 Å². The van der Waals surface area contributed by atoms with Crippen LogP contribution < -0.4 is 0 Å². The molecule has 0 aromatic rings. The van der Waals surface area contributed by atoms with E-state index in [-0.39, 0.29) is 51.8 Å². The first-order valence-electron chi connectivity index (χ1n) is 22.8. The largest absolute Gasteiger partial charge is 0.481 e. The summed E-state index contributed by atoms with van der Waals surface area (Å²) in [6, 6.07) is 0. The molecule has 2 saturated heterocycles. The number of nitrogens with zero attached hydrogens (tertiary/aromatic N) is 3. The van der Waals surface area contributed by atoms with Crippen molar-refractivity contribution in [2.45, 2.75) is 139 Å². The fourth-order valence-electron chi connectivity index (χ4n) is 14.6. The molecule has 0 aromatic heterocycles. The Morgan fingerprint density at radius 1 is 0.825 bits per heavy atom. The van der Waals surface area contributed by atoms with Crippen LogP contribution >= 0.6 is 0 Å². The number of hydrogen-bond acceptors (Lipinski definition) is 9. The van der Waals surface area contributed by atoms with Gasteiger partial charge in [-0.15, -0.1) is 0 Å². The zero-order valence-electron chi connectivity index (χ0n) is 37.1. The molecule has 0 aromatic carbocycles. The second-order valence-corrected chi connectivity index (χ2v) is 22.2. The molecule has 2 heterocycles. The molecule has 6 fully saturated rings. The van der Waals surface area contributed by atoms with Gasteiger partial charge in [0, 0.05) is 76.2 Å². The Morgan fingerprint density at radius 3 is 2.09 bits per heavy atom. The third-order valence-electron chi connectivity index (χ3n) is 18.2. The van der Waals surface area contributed by atoms with E-state index < -0.39 is 28.9 Å². The highest BCUT2D eigenvalue weighted by Crippen LogP contribution is 2.77. The smallest absolute Gasteiger partial charge is 0.309 e. The fourth-order valence-corrected chi connectivity index (χ4v) is 14.6. The number of carbonyl (C=O) groups excluding carboxylic acids is 2. The van der Waals surface area contributed by atoms with Crippen molar-refractivity contribution in [3.8, 4) is 0 Å². The highest BCUT2D eigenvalue weighted by molar-refractivity contribution is 6.00. The summed E-state index contributed by atoms with van der Waals surface area (Å²) in [5.74, 6) is 0.189. The second kappa shape index (κ2) is 15.6. The lowest BCUT2D eigenvalue weighted by Crippen LogP contribution is -2.66. The van der Waals surface area contributed by atoms with Crippen LogP contribution in [0.1, 0.15) is 127 Å². The molecule has 9 atom stereocenters. The van der Waals surface area contributed by atoms with Gasteiger partial charge in [-0.1, -0.05) is 54.0 Å². The summed E-state index contributed by atoms with van der Waals surface area (Å²) < 4.78 is 11.7. The number of ether oxygens (including phenoxy) is 2. The number of aliphatic hydroxyl groups is 1. The quantitative estimate of drug-likeness (QED) is 0.219. The summed E-state index contributed by atoms with van der Waals surface area (Å²) in [7, 11) is 0. The Morgan fingerprint density at radius 2 is 1.46 bits per heavy atom. The van der Waals surface area contributed by atoms with Crippen LogP contribution in [0.25, 0.3) is 0 Å². The third-order valence-corrected chi connectivity index (χ3v) is 18.2. The van der Waals surface area contributed by atoms with Gasteiger partial charge in [0.25, 0.3) is 0 Å². The van der Waals surface area contributed by atoms with E-state index in [2.05, 4.69) is 63.2 Å². The highest BCUT2D eigenvalue weighted by atomic mass is 16.5. The number of hydrogen-bond donors (Lipinski definition) is 2. The molecule has 10 nitrogen and oxygen atoms in total. The number of morpholine rings is 1. The molecule has 10 heteroatoms. The van der Waals surface area contributed by atoms with Gasteiger partial charge in [0.1, 0.15) is 6.10 Å². The number of rotatable bonds is 11. The molecule has 0 amide bonds. The Bertz CT molecular complexity index is 1580. The van der Waals surface area contributed by atoms with Gasteiger partial charge in [-0.2, -0.15) is 0 Å². The zero-order valence-corrected chi connectivity index (χ0v) is 37.1. The van der Waals surface area contributed by atoms with Gasteiger partial charge in [0.05, 0.1) is 31.2 Å². The van der Waals surface area contributed by atoms with Crippen molar-refractivity contribution in [1.82, 2.24) is 14.7 Å². The first kappa shape index (κ1) is 43.2. The predicted molar refractivity (Wildman–Crippen MR) is 221 cm³/mol. The van der Waals surface area contributed by atoms with Gasteiger partial charge in [0.15, 0.2) is 5.78 Å². The number of carboxylic acid groups (broad SMARTS) is 1. The number of carbonyl (C=O) groups is 3. The number of β-amino-alcohol motifs (C(OH)–C–C–N with tert-alkyl or cyclic N) is 1. The summed E-state index contributed by atoms with van der Waals surface area (Å²) in [6.07, 6.45) is 7.55. The predicted octanol–water partition coefficient (Wildman–Crippen LogP) is 6.69. The molecule has 2 aliphatic heterocycles. The summed E-state index contributed by atoms with van der Waals surface area (Å²) in [4.78, 5) is 46.7. The number of piperazine rings is 1. The summed E-state index contributed by atoms with van der Waals surface area (Å²) >= 11 is 0. The van der Waals surface area contributed by atoms with E-state index in [0.29, 0.717) is 24.8 Å². The molecule has 0 bridgehead atoms. The second-order valence-electron chi connectivity index (χ2n) is 22.2. The van der Waals surface area contributed by atoms with Gasteiger partial charge in [-0.3, -0.25) is 29.1 Å². The Hall–Kier alpha value is -1.85. The molecule has 322 valence electrons. The van der Waals surface area contributed by atoms with Crippen LogP contribution in [0.5, 0.6) is 0 Å². The lowest BCUT2D eigenvalue weighted by Gasteiger charge is -2.72. The van der Waals surface area contributed by atoms with E-state index >= 15 is 0 Å². The minimum atomic E-state index is -1.16. The Labute approximate surface area is 343 Å². The molecule has 5 aliphatic carbocycles. The summed E-state index contributed by atoms with van der Waals surface area (Å²) in [5, 5.41) is 22.2. The molecular weight excluding hydrogens is 719 g/mol. The Balaban J connectivity index is 1.08. The number of aliphatic hydroxyl groups excluding tert-OH is 1. The van der Waals surface area contributed by atoms with E-state index in [1.165, 1.54) is 5.57 Å². The third kappa shape index (κ3) is 7.29. The molecule has 7 rings (SSSR count). The van der Waals surface area contributed by atoms with Crippen LogP contribution in [-0.4, -0.2) is 127 Å². The molecule has 0 spiro atoms. The lowest BCUT2D eigenvalue weighted by atomic mass is 9.33. The molecule has 0 radical (unpaired) electrons. The first-order chi connectivity index (χ1) is 26.7. The van der Waals surface area contributed by atoms with Crippen molar-refractivity contribution in [3.05, 3.63) is 11.1 Å². The van der Waals surface area contributed by atoms with Crippen LogP contribution in [0.15, 0.2) is 11.1 Å². The minimum Gasteiger partial charge on any atom is -0.481 e. The van der Waals surface area contributed by atoms with Crippen LogP contribution in [0.3, 0.4) is 0 Å². The number of fused-ring (bicyclic) bond motifs is 7. The SMILES string of the molecule is CC(C)C1=C2[C@H]3CC[C@@H]4[C@@]5(C)CC[C@H](OC(=O)CC(C)(C)C(=O)O)C(C)(C)[C@@H]5CC[C@@]4(C)[C@]3(C)CC[C@@]2([C@H](O)CN2CCN(CCN3CCOCC3)CC2)CC1=O. The molecule has 2 N–H and O–H groups in total. The van der Waals surface area contributed by atoms with E-state index in [4.69, 9.17) is 9.47 Å². The van der Waals surface area contributed by atoms with Crippen LogP contribution in [0, 0.1) is 56.2 Å². The van der Waals surface area contributed by atoms with Crippen molar-refractivity contribution in [2.24, 2.45) is 56.2 Å². The topological polar surface area (TPSA) is 120 Å². The first-order valence-corrected chi connectivity index (χ1v) is 22.8. The number of allylic oxidation sites excluding steroid dienone is 1. The number of ketones is 1. The van der Waals surface area contributed by atoms with E-state index in [1.807, 2.05) is 0 Å². The fraction of sp³-hybridized carbons (Fsp3) is 0.894. The zero-order chi connectivity index (χ0) is 41.3. The van der Waals surface area contributed by atoms with Crippen molar-refractivity contribution in [1.29, 1.82) is 0 Å². The van der Waals surface area contributed by atoms with Gasteiger partial charge >= 0.3 is 11.9 Å². The van der Waals surface area contributed by atoms with E-state index in [1.54, 1.807) is 13.8 Å². The number of esters is 1. The van der Waals surface area contributed by atoms with E-state index in [0.717, 1.165) is 123 Å². The van der Waals surface area contributed by atoms with Crippen LogP contribution in [0.2, 0.25) is 0 Å². The molecule has 57 heavy (non-hydrogen) atoms. The maximum atomic E-state index is 14.2. The van der Waals surface area contributed by atoms with Crippen molar-refractivity contribution in [3.63, 3.8) is 0 Å². The summed E-state index contributed by atoms with van der Waals surface area (Å²) in [5.41, 5.74) is 0.670. The van der Waals surface area contributed by atoms with Crippen LogP contribution in [0.4, 0.5) is 0 Å². The van der Waals surface area contributed by atoms with Crippen molar-refractivity contribution < 1.29 is 34.1 Å². The maximum Gasteiger partial charge on any atom is 0.309 e. The lowest BCUT2D eigenvalue weighted by molar-refractivity contribution is -0.235.